The van der Waals surface area contributed by atoms with Crippen molar-refractivity contribution in [2.75, 3.05) is 6.61 Å². The second kappa shape index (κ2) is 9.54. The molecule has 13 nitrogen and oxygen atoms in total. The predicted molar refractivity (Wildman–Crippen MR) is 118 cm³/mol. The molecule has 2 aromatic carbocycles. The van der Waals surface area contributed by atoms with Crippen molar-refractivity contribution < 1.29 is 64.3 Å². The molecule has 0 aliphatic carbocycles. The number of benzene rings is 2. The van der Waals surface area contributed by atoms with E-state index in [0.29, 0.717) is 0 Å². The molecule has 2 heterocycles. The van der Waals surface area contributed by atoms with Crippen LogP contribution < -0.4 is 4.74 Å². The van der Waals surface area contributed by atoms with Crippen molar-refractivity contribution in [1.82, 2.24) is 0 Å². The summed E-state index contributed by atoms with van der Waals surface area (Å²) in [5.41, 5.74) is -0.0833. The molecule has 0 saturated carbocycles. The summed E-state index contributed by atoms with van der Waals surface area (Å²) in [6.45, 7) is 0.666. The molecule has 13 heteroatoms. The number of hydrogen-bond acceptors (Lipinski definition) is 12. The second-order valence-corrected chi connectivity index (χ2v) is 8.11. The van der Waals surface area contributed by atoms with Gasteiger partial charge < -0.3 is 55.1 Å². The van der Waals surface area contributed by atoms with Gasteiger partial charge in [0.1, 0.15) is 47.9 Å². The number of phenolic OH excluding ortho intramolecular Hbond substituents is 5. The molecule has 2 unspecified atom stereocenters. The molecule has 4 rings (SSSR count). The van der Waals surface area contributed by atoms with Crippen LogP contribution in [-0.2, 0) is 14.3 Å². The van der Waals surface area contributed by atoms with Crippen molar-refractivity contribution in [2.45, 2.75) is 37.6 Å². The van der Waals surface area contributed by atoms with Gasteiger partial charge in [-0.05, 0) is 0 Å². The Morgan fingerprint density at radius 3 is 2.22 bits per heavy atom. The third-order valence-electron chi connectivity index (χ3n) is 5.51. The van der Waals surface area contributed by atoms with E-state index in [2.05, 4.69) is 0 Å². The predicted octanol–water partition coefficient (Wildman–Crippen LogP) is 0.658. The monoisotopic (exact) mass is 507 g/mol. The van der Waals surface area contributed by atoms with Gasteiger partial charge in [-0.25, -0.2) is 4.42 Å². The van der Waals surface area contributed by atoms with Gasteiger partial charge in [0.15, 0.2) is 17.2 Å². The first kappa shape index (κ1) is 25.1. The zero-order chi connectivity index (χ0) is 26.3. The summed E-state index contributed by atoms with van der Waals surface area (Å²) in [5.74, 6) is -4.10. The Labute approximate surface area is 202 Å². The highest BCUT2D eigenvalue weighted by Gasteiger charge is 2.46. The van der Waals surface area contributed by atoms with Crippen LogP contribution in [0.5, 0.6) is 34.5 Å². The topological polar surface area (TPSA) is 218 Å². The number of esters is 1. The summed E-state index contributed by atoms with van der Waals surface area (Å²) in [7, 11) is 0. The van der Waals surface area contributed by atoms with Gasteiger partial charge in [0, 0.05) is 31.2 Å². The lowest BCUT2D eigenvalue weighted by atomic mass is 9.99. The zero-order valence-electron chi connectivity index (χ0n) is 18.6. The maximum Gasteiger partial charge on any atom is 0.402 e. The molecule has 0 spiro atoms. The molecular formula is C23H23O13+. The van der Waals surface area contributed by atoms with Crippen LogP contribution in [0.4, 0.5) is 0 Å². The maximum absolute atomic E-state index is 11.2. The Balaban J connectivity index is 1.80. The van der Waals surface area contributed by atoms with Gasteiger partial charge >= 0.3 is 17.3 Å². The first-order valence-electron chi connectivity index (χ1n) is 10.5. The Morgan fingerprint density at radius 2 is 1.58 bits per heavy atom. The molecule has 1 aliphatic heterocycles. The fourth-order valence-electron chi connectivity index (χ4n) is 3.68. The largest absolute Gasteiger partial charge is 0.507 e. The Hall–Kier alpha value is -4.04. The number of hydrogen-bond donors (Lipinski definition) is 8. The van der Waals surface area contributed by atoms with E-state index in [1.807, 2.05) is 0 Å². The van der Waals surface area contributed by atoms with Gasteiger partial charge in [-0.2, -0.15) is 0 Å². The summed E-state index contributed by atoms with van der Waals surface area (Å²) >= 11 is 0. The Morgan fingerprint density at radius 1 is 0.917 bits per heavy atom. The maximum atomic E-state index is 11.2. The van der Waals surface area contributed by atoms with E-state index in [1.54, 1.807) is 0 Å². The van der Waals surface area contributed by atoms with Crippen LogP contribution >= 0.6 is 0 Å². The lowest BCUT2D eigenvalue weighted by Gasteiger charge is -2.39. The summed E-state index contributed by atoms with van der Waals surface area (Å²) in [4.78, 5) is 11.2. The van der Waals surface area contributed by atoms with Crippen LogP contribution in [0.2, 0.25) is 0 Å². The fourth-order valence-corrected chi connectivity index (χ4v) is 3.68. The molecule has 0 amide bonds. The molecule has 5 atom stereocenters. The van der Waals surface area contributed by atoms with Crippen LogP contribution in [0.15, 0.2) is 34.7 Å². The molecule has 192 valence electrons. The number of aliphatic hydroxyl groups excluding tert-OH is 3. The van der Waals surface area contributed by atoms with Crippen LogP contribution in [0.3, 0.4) is 0 Å². The van der Waals surface area contributed by atoms with Crippen LogP contribution in [0.1, 0.15) is 6.92 Å². The summed E-state index contributed by atoms with van der Waals surface area (Å²) in [6, 6.07) is 5.48. The van der Waals surface area contributed by atoms with Crippen molar-refractivity contribution in [1.29, 1.82) is 0 Å². The summed E-state index contributed by atoms with van der Waals surface area (Å²) in [6.07, 6.45) is -8.14. The highest BCUT2D eigenvalue weighted by Crippen LogP contribution is 2.44. The van der Waals surface area contributed by atoms with Crippen molar-refractivity contribution in [3.63, 3.8) is 0 Å². The number of aliphatic hydroxyl groups is 3. The second-order valence-electron chi connectivity index (χ2n) is 8.11. The average Bonchev–Trinajstić information content (AvgIpc) is 2.81. The van der Waals surface area contributed by atoms with E-state index in [-0.39, 0.29) is 33.8 Å². The van der Waals surface area contributed by atoms with Crippen molar-refractivity contribution in [3.8, 4) is 45.8 Å². The van der Waals surface area contributed by atoms with Crippen molar-refractivity contribution >= 4 is 16.9 Å². The molecule has 0 radical (unpaired) electrons. The highest BCUT2D eigenvalue weighted by atomic mass is 16.7. The Bertz CT molecular complexity index is 1280. The van der Waals surface area contributed by atoms with E-state index < -0.39 is 66.3 Å². The number of carbonyl (C=O) groups excluding carboxylic acids is 1. The number of aromatic hydroxyl groups is 5. The lowest BCUT2D eigenvalue weighted by Crippen LogP contribution is -2.60. The first-order chi connectivity index (χ1) is 17.0. The lowest BCUT2D eigenvalue weighted by molar-refractivity contribution is -0.278. The molecular weight excluding hydrogens is 484 g/mol. The smallest absolute Gasteiger partial charge is 0.402 e. The van der Waals surface area contributed by atoms with Gasteiger partial charge in [-0.1, -0.05) is 0 Å². The SMILES string of the molecule is CC(=O)OCC1O[C@@H](Oc2cc3c(O)cc(O)cc3[o+]c2-c2cc(O)c(O)c(O)c2)C(O)[C@@H](O)[C@@H]1O. The van der Waals surface area contributed by atoms with E-state index in [1.165, 1.54) is 12.1 Å². The van der Waals surface area contributed by atoms with Crippen LogP contribution in [0, 0.1) is 0 Å². The highest BCUT2D eigenvalue weighted by molar-refractivity contribution is 5.88. The number of rotatable bonds is 5. The first-order valence-corrected chi connectivity index (χ1v) is 10.5. The quantitative estimate of drug-likeness (QED) is 0.135. The van der Waals surface area contributed by atoms with Crippen molar-refractivity contribution in [3.05, 3.63) is 30.3 Å². The minimum absolute atomic E-state index is 0.0371. The van der Waals surface area contributed by atoms with Gasteiger partial charge in [-0.3, -0.25) is 4.79 Å². The molecule has 1 saturated heterocycles. The number of ether oxygens (including phenoxy) is 3. The van der Waals surface area contributed by atoms with Crippen LogP contribution in [-0.4, -0.2) is 84.1 Å². The standard InChI is InChI=1S/C23H22O13/c1-8(24)33-7-17-19(30)20(31)21(32)23(36-17)35-16-6-11-12(26)4-10(25)5-15(11)34-22(16)9-2-13(27)18(29)14(28)3-9/h2-6,17,19-21,23,30-32H,7H2,1H3,(H4-,25,26,27,28,29)/p+1/t17?,19-,20+,21?,23-/m1/s1. The minimum atomic E-state index is -1.80. The van der Waals surface area contributed by atoms with E-state index in [4.69, 9.17) is 18.6 Å². The van der Waals surface area contributed by atoms with Gasteiger partial charge in [0.2, 0.25) is 12.0 Å². The number of fused-ring (bicyclic) bond motifs is 1. The van der Waals surface area contributed by atoms with Crippen LogP contribution in [0.25, 0.3) is 22.3 Å². The molecule has 1 aromatic heterocycles. The van der Waals surface area contributed by atoms with E-state index in [9.17, 15) is 45.6 Å². The number of carbonyl (C=O) groups is 1. The zero-order valence-corrected chi connectivity index (χ0v) is 18.6. The third kappa shape index (κ3) is 4.72. The normalized spacial score (nSPS) is 23.9. The van der Waals surface area contributed by atoms with Crippen molar-refractivity contribution in [2.24, 2.45) is 0 Å². The fraction of sp³-hybridized carbons (Fsp3) is 0.304. The van der Waals surface area contributed by atoms with Gasteiger partial charge in [-0.15, -0.1) is 0 Å². The Kier molecular flexibility index (Phi) is 6.65. The molecule has 0 bridgehead atoms. The molecule has 8 N–H and O–H groups in total. The summed E-state index contributed by atoms with van der Waals surface area (Å²) in [5, 5.41) is 80.7. The molecule has 1 fully saturated rings. The minimum Gasteiger partial charge on any atom is -0.507 e. The molecule has 1 aliphatic rings. The summed E-state index contributed by atoms with van der Waals surface area (Å²) < 4.78 is 21.8. The van der Waals surface area contributed by atoms with Gasteiger partial charge in [0.25, 0.3) is 0 Å². The molecule has 36 heavy (non-hydrogen) atoms. The van der Waals surface area contributed by atoms with Gasteiger partial charge in [0.05, 0.1) is 11.6 Å². The molecule has 3 aromatic rings. The van der Waals surface area contributed by atoms with E-state index >= 15 is 0 Å². The third-order valence-corrected chi connectivity index (χ3v) is 5.51. The average molecular weight is 507 g/mol. The van der Waals surface area contributed by atoms with E-state index in [0.717, 1.165) is 25.1 Å². The number of phenols is 5.